The second-order valence-corrected chi connectivity index (χ2v) is 5.25. The molecule has 3 rings (SSSR count). The summed E-state index contributed by atoms with van der Waals surface area (Å²) in [7, 11) is 1.58. The third-order valence-electron chi connectivity index (χ3n) is 2.96. The molecule has 3 aromatic rings. The van der Waals surface area contributed by atoms with Gasteiger partial charge >= 0.3 is 0 Å². The number of H-pyrrole nitrogens is 1. The van der Waals surface area contributed by atoms with Crippen LogP contribution < -0.4 is 4.74 Å². The second kappa shape index (κ2) is 5.26. The number of hydrogen-bond acceptors (Lipinski definition) is 5. The highest BCUT2D eigenvalue weighted by Gasteiger charge is 2.14. The molecule has 2 heterocycles. The fourth-order valence-corrected chi connectivity index (χ4v) is 2.96. The Bertz CT molecular complexity index is 825. The van der Waals surface area contributed by atoms with Crippen molar-refractivity contribution in [3.8, 4) is 11.6 Å². The fourth-order valence-electron chi connectivity index (χ4n) is 2.09. The molecule has 5 nitrogen and oxygen atoms in total. The number of para-hydroxylation sites is 1. The van der Waals surface area contributed by atoms with E-state index in [2.05, 4.69) is 21.0 Å². The number of hydrogen-bond donors (Lipinski definition) is 1. The van der Waals surface area contributed by atoms with Crippen molar-refractivity contribution in [1.82, 2.24) is 19.5 Å². The van der Waals surface area contributed by atoms with E-state index < -0.39 is 0 Å². The Morgan fingerprint density at radius 3 is 2.85 bits per heavy atom. The van der Waals surface area contributed by atoms with Crippen LogP contribution in [0.2, 0.25) is 0 Å². The summed E-state index contributed by atoms with van der Waals surface area (Å²) < 4.78 is 7.71. The smallest absolute Gasteiger partial charge is 0.242 e. The zero-order chi connectivity index (χ0) is 14.1. The highest BCUT2D eigenvalue weighted by atomic mass is 32.2. The highest BCUT2D eigenvalue weighted by Crippen LogP contribution is 2.28. The quantitative estimate of drug-likeness (QED) is 0.595. The van der Waals surface area contributed by atoms with Gasteiger partial charge in [0, 0.05) is 4.90 Å². The predicted molar refractivity (Wildman–Crippen MR) is 82.4 cm³/mol. The monoisotopic (exact) mass is 304 g/mol. The molecule has 0 amide bonds. The van der Waals surface area contributed by atoms with Gasteiger partial charge in [-0.3, -0.25) is 4.57 Å². The Morgan fingerprint density at radius 2 is 2.10 bits per heavy atom. The average Bonchev–Trinajstić information content (AvgIpc) is 2.82. The van der Waals surface area contributed by atoms with Gasteiger partial charge in [0.1, 0.15) is 11.8 Å². The summed E-state index contributed by atoms with van der Waals surface area (Å²) in [6.07, 6.45) is 3.51. The number of thioether (sulfide) groups is 1. The number of aromatic nitrogens is 4. The number of methoxy groups -OCH3 is 1. The summed E-state index contributed by atoms with van der Waals surface area (Å²) >= 11 is 7.09. The van der Waals surface area contributed by atoms with Crippen molar-refractivity contribution in [3.05, 3.63) is 35.4 Å². The molecule has 0 radical (unpaired) electrons. The van der Waals surface area contributed by atoms with E-state index in [0.29, 0.717) is 21.8 Å². The zero-order valence-corrected chi connectivity index (χ0v) is 12.6. The van der Waals surface area contributed by atoms with Gasteiger partial charge in [0.25, 0.3) is 0 Å². The van der Waals surface area contributed by atoms with E-state index in [4.69, 9.17) is 17.0 Å². The first-order chi connectivity index (χ1) is 9.76. The third-order valence-corrected chi connectivity index (χ3v) is 4.03. The van der Waals surface area contributed by atoms with Crippen molar-refractivity contribution in [1.29, 1.82) is 0 Å². The van der Waals surface area contributed by atoms with E-state index in [1.807, 2.05) is 29.0 Å². The summed E-state index contributed by atoms with van der Waals surface area (Å²) in [5, 5.41) is 0. The lowest BCUT2D eigenvalue weighted by Crippen LogP contribution is -1.98. The van der Waals surface area contributed by atoms with Gasteiger partial charge in [-0.2, -0.15) is 4.98 Å². The molecule has 0 aliphatic carbocycles. The van der Waals surface area contributed by atoms with Crippen LogP contribution in [0.5, 0.6) is 5.88 Å². The molecule has 1 N–H and O–H groups in total. The molecule has 0 aliphatic heterocycles. The largest absolute Gasteiger partial charge is 0.479 e. The Hall–Kier alpha value is -1.86. The molecule has 0 aliphatic rings. The van der Waals surface area contributed by atoms with Gasteiger partial charge < -0.3 is 9.72 Å². The Kier molecular flexibility index (Phi) is 3.45. The lowest BCUT2D eigenvalue weighted by molar-refractivity contribution is 0.401. The maximum atomic E-state index is 5.42. The number of aromatic amines is 1. The lowest BCUT2D eigenvalue weighted by Gasteiger charge is -2.08. The minimum absolute atomic E-state index is 0.487. The number of imidazole rings is 1. The molecule has 0 bridgehead atoms. The van der Waals surface area contributed by atoms with Crippen molar-refractivity contribution < 1.29 is 4.74 Å². The van der Waals surface area contributed by atoms with Crippen LogP contribution in [-0.2, 0) is 0 Å². The molecule has 0 saturated heterocycles. The molecular formula is C13H12N4OS2. The molecule has 0 unspecified atom stereocenters. The summed E-state index contributed by atoms with van der Waals surface area (Å²) in [4.78, 5) is 12.7. The molecule has 0 spiro atoms. The lowest BCUT2D eigenvalue weighted by atomic mass is 10.3. The van der Waals surface area contributed by atoms with Crippen LogP contribution in [0.25, 0.3) is 16.9 Å². The molecule has 0 saturated carbocycles. The summed E-state index contributed by atoms with van der Waals surface area (Å²) in [6.45, 7) is 0. The molecule has 2 aromatic heterocycles. The Balaban J connectivity index is 2.37. The van der Waals surface area contributed by atoms with E-state index in [1.54, 1.807) is 18.9 Å². The zero-order valence-electron chi connectivity index (χ0n) is 11.0. The van der Waals surface area contributed by atoms with Gasteiger partial charge in [0.05, 0.1) is 12.8 Å². The molecule has 7 heteroatoms. The van der Waals surface area contributed by atoms with Crippen LogP contribution in [-0.4, -0.2) is 32.9 Å². The topological polar surface area (TPSA) is 55.7 Å². The van der Waals surface area contributed by atoms with E-state index in [-0.39, 0.29) is 0 Å². The first kappa shape index (κ1) is 13.1. The molecule has 0 atom stereocenters. The summed E-state index contributed by atoms with van der Waals surface area (Å²) in [5.74, 6) is 0.487. The second-order valence-electron chi connectivity index (χ2n) is 4.02. The van der Waals surface area contributed by atoms with E-state index in [0.717, 1.165) is 10.6 Å². The van der Waals surface area contributed by atoms with Crippen molar-refractivity contribution in [2.75, 3.05) is 13.4 Å². The van der Waals surface area contributed by atoms with E-state index >= 15 is 0 Å². The molecule has 102 valence electrons. The minimum atomic E-state index is 0.487. The number of nitrogens with zero attached hydrogens (tertiary/aromatic N) is 3. The van der Waals surface area contributed by atoms with E-state index in [9.17, 15) is 0 Å². The van der Waals surface area contributed by atoms with Crippen LogP contribution in [0.15, 0.2) is 35.5 Å². The molecule has 20 heavy (non-hydrogen) atoms. The first-order valence-corrected chi connectivity index (χ1v) is 7.52. The molecular weight excluding hydrogens is 292 g/mol. The third kappa shape index (κ3) is 1.99. The number of nitrogens with one attached hydrogen (secondary N) is 1. The predicted octanol–water partition coefficient (Wildman–Crippen LogP) is 3.21. The minimum Gasteiger partial charge on any atom is -0.479 e. The summed E-state index contributed by atoms with van der Waals surface area (Å²) in [6, 6.07) is 8.06. The molecule has 1 aromatic carbocycles. The first-order valence-electron chi connectivity index (χ1n) is 5.89. The number of fused-ring (bicyclic) bond motifs is 1. The Morgan fingerprint density at radius 1 is 1.30 bits per heavy atom. The van der Waals surface area contributed by atoms with Gasteiger partial charge in [0.2, 0.25) is 5.88 Å². The average molecular weight is 304 g/mol. The van der Waals surface area contributed by atoms with Gasteiger partial charge in [-0.15, -0.1) is 11.8 Å². The van der Waals surface area contributed by atoms with Gasteiger partial charge in [-0.25, -0.2) is 4.98 Å². The van der Waals surface area contributed by atoms with Crippen molar-refractivity contribution in [3.63, 3.8) is 0 Å². The number of rotatable bonds is 3. The van der Waals surface area contributed by atoms with Gasteiger partial charge in [-0.1, -0.05) is 12.1 Å². The highest BCUT2D eigenvalue weighted by molar-refractivity contribution is 7.98. The molecule has 0 fully saturated rings. The van der Waals surface area contributed by atoms with Gasteiger partial charge in [-0.05, 0) is 30.6 Å². The van der Waals surface area contributed by atoms with E-state index in [1.165, 1.54) is 6.33 Å². The van der Waals surface area contributed by atoms with Crippen LogP contribution in [0.4, 0.5) is 0 Å². The van der Waals surface area contributed by atoms with Crippen molar-refractivity contribution in [2.45, 2.75) is 4.90 Å². The maximum absolute atomic E-state index is 5.42. The Labute approximate surface area is 125 Å². The fraction of sp³-hybridized carbons (Fsp3) is 0.154. The number of benzene rings is 1. The summed E-state index contributed by atoms with van der Waals surface area (Å²) in [5.41, 5.74) is 2.41. The SMILES string of the molecule is COc1ncnc2c1[nH]c(=S)n2-c1ccccc1SC. The van der Waals surface area contributed by atoms with Crippen LogP contribution in [0, 0.1) is 4.77 Å². The number of ether oxygens (including phenoxy) is 1. The van der Waals surface area contributed by atoms with Crippen molar-refractivity contribution >= 4 is 35.1 Å². The van der Waals surface area contributed by atoms with Gasteiger partial charge in [0.15, 0.2) is 10.4 Å². The standard InChI is InChI=1S/C13H12N4OS2/c1-18-12-10-11(14-7-15-12)17(13(19)16-10)8-5-3-4-6-9(8)20-2/h3-7H,1-2H3,(H,16,19). The normalized spacial score (nSPS) is 10.9. The van der Waals surface area contributed by atoms with Crippen LogP contribution in [0.1, 0.15) is 0 Å². The van der Waals surface area contributed by atoms with Crippen molar-refractivity contribution in [2.24, 2.45) is 0 Å². The van der Waals surface area contributed by atoms with Crippen LogP contribution >= 0.6 is 24.0 Å². The van der Waals surface area contributed by atoms with Crippen LogP contribution in [0.3, 0.4) is 0 Å². The maximum Gasteiger partial charge on any atom is 0.242 e.